The molecule has 0 radical (unpaired) electrons. The number of halogens is 2. The van der Waals surface area contributed by atoms with Gasteiger partial charge in [-0.15, -0.1) is 0 Å². The van der Waals surface area contributed by atoms with Crippen LogP contribution in [-0.2, 0) is 6.54 Å². The van der Waals surface area contributed by atoms with E-state index in [2.05, 4.69) is 25.4 Å². The standard InChI is InChI=1S/C27H29F2N9O4/c28-19-11-20(29)23(10-17(19)26(41)31-13-16(40)15-39)36-6-3-35(4-7-36)5-8-37-25-18(14-32-37)22-12-21(24-2-1-9-42-24)34-38(22)27(30)33-25/h1-2,9-12,14,16,39-40H,3-8,13,15H2,(H2,30,33)(H,31,41). The molecule has 15 heteroatoms. The first-order valence-electron chi connectivity index (χ1n) is 13.4. The highest BCUT2D eigenvalue weighted by molar-refractivity contribution is 5.95. The second kappa shape index (κ2) is 11.3. The minimum Gasteiger partial charge on any atom is -0.463 e. The third-order valence-corrected chi connectivity index (χ3v) is 7.34. The summed E-state index contributed by atoms with van der Waals surface area (Å²) >= 11 is 0. The number of aliphatic hydroxyl groups excluding tert-OH is 2. The van der Waals surface area contributed by atoms with E-state index in [1.807, 2.05) is 12.1 Å². The SMILES string of the molecule is Nc1nc2c(cnn2CCN2CCN(c3cc(C(=O)NCC(O)CO)c(F)cc3F)CC2)c2cc(-c3ccco3)nn12. The van der Waals surface area contributed by atoms with E-state index in [1.165, 1.54) is 6.07 Å². The summed E-state index contributed by atoms with van der Waals surface area (Å²) < 4.78 is 37.9. The van der Waals surface area contributed by atoms with Crippen LogP contribution in [0.3, 0.4) is 0 Å². The molecule has 6 rings (SSSR count). The van der Waals surface area contributed by atoms with Crippen LogP contribution in [0.2, 0.25) is 0 Å². The van der Waals surface area contributed by atoms with Gasteiger partial charge in [-0.25, -0.2) is 13.5 Å². The Morgan fingerprint density at radius 2 is 1.95 bits per heavy atom. The highest BCUT2D eigenvalue weighted by Crippen LogP contribution is 2.27. The number of fused-ring (bicyclic) bond motifs is 3. The molecular weight excluding hydrogens is 552 g/mol. The Bertz CT molecular complexity index is 1730. The molecular formula is C27H29F2N9O4. The van der Waals surface area contributed by atoms with Crippen LogP contribution in [0.25, 0.3) is 28.0 Å². The van der Waals surface area contributed by atoms with Crippen molar-refractivity contribution in [3.63, 3.8) is 0 Å². The molecule has 0 aliphatic carbocycles. The van der Waals surface area contributed by atoms with Gasteiger partial charge >= 0.3 is 0 Å². The number of furan rings is 1. The number of hydrogen-bond donors (Lipinski definition) is 4. The summed E-state index contributed by atoms with van der Waals surface area (Å²) in [5.41, 5.74) is 8.04. The van der Waals surface area contributed by atoms with E-state index in [0.29, 0.717) is 62.4 Å². The fourth-order valence-corrected chi connectivity index (χ4v) is 5.06. The van der Waals surface area contributed by atoms with Crippen molar-refractivity contribution in [2.45, 2.75) is 12.6 Å². The lowest BCUT2D eigenvalue weighted by Crippen LogP contribution is -2.47. The van der Waals surface area contributed by atoms with Crippen LogP contribution in [0.1, 0.15) is 10.4 Å². The Morgan fingerprint density at radius 3 is 2.69 bits per heavy atom. The fourth-order valence-electron chi connectivity index (χ4n) is 5.06. The quantitative estimate of drug-likeness (QED) is 0.198. The summed E-state index contributed by atoms with van der Waals surface area (Å²) in [6, 6.07) is 7.36. The molecule has 0 saturated carbocycles. The van der Waals surface area contributed by atoms with Gasteiger partial charge in [0.25, 0.3) is 5.91 Å². The number of carbonyl (C=O) groups excluding carboxylic acids is 1. The molecule has 5 aromatic rings. The van der Waals surface area contributed by atoms with Crippen LogP contribution < -0.4 is 16.0 Å². The molecule has 1 aliphatic rings. The zero-order valence-corrected chi connectivity index (χ0v) is 22.5. The second-order valence-corrected chi connectivity index (χ2v) is 10.0. The first-order chi connectivity index (χ1) is 20.3. The van der Waals surface area contributed by atoms with E-state index in [9.17, 15) is 18.7 Å². The lowest BCUT2D eigenvalue weighted by molar-refractivity contribution is 0.0799. The summed E-state index contributed by atoms with van der Waals surface area (Å²) in [6.45, 7) is 2.53. The zero-order chi connectivity index (χ0) is 29.4. The van der Waals surface area contributed by atoms with Crippen LogP contribution in [-0.4, -0.2) is 97.4 Å². The molecule has 0 bridgehead atoms. The average molecular weight is 582 g/mol. The minimum atomic E-state index is -1.18. The molecule has 1 aliphatic heterocycles. The summed E-state index contributed by atoms with van der Waals surface area (Å²) in [5.74, 6) is -1.72. The Balaban J connectivity index is 1.11. The highest BCUT2D eigenvalue weighted by Gasteiger charge is 2.24. The van der Waals surface area contributed by atoms with E-state index < -0.39 is 30.3 Å². The van der Waals surface area contributed by atoms with Gasteiger partial charge in [0.1, 0.15) is 17.3 Å². The summed E-state index contributed by atoms with van der Waals surface area (Å²) in [5, 5.41) is 30.5. The monoisotopic (exact) mass is 581 g/mol. The van der Waals surface area contributed by atoms with Crippen LogP contribution in [0, 0.1) is 11.6 Å². The first kappa shape index (κ1) is 27.6. The van der Waals surface area contributed by atoms with Gasteiger partial charge in [-0.1, -0.05) is 0 Å². The van der Waals surface area contributed by atoms with Crippen molar-refractivity contribution in [1.82, 2.24) is 34.6 Å². The number of nitrogen functional groups attached to an aromatic ring is 1. The Kier molecular flexibility index (Phi) is 7.45. The second-order valence-electron chi connectivity index (χ2n) is 10.0. The molecule has 1 amide bonds. The number of benzene rings is 1. The predicted octanol–water partition coefficient (Wildman–Crippen LogP) is 1.10. The molecule has 4 aromatic heterocycles. The van der Waals surface area contributed by atoms with Gasteiger partial charge in [0.05, 0.1) is 53.9 Å². The third kappa shape index (κ3) is 5.24. The van der Waals surface area contributed by atoms with E-state index in [0.717, 1.165) is 10.9 Å². The fraction of sp³-hybridized carbons (Fsp3) is 0.333. The van der Waals surface area contributed by atoms with Gasteiger partial charge in [-0.05, 0) is 24.3 Å². The lowest BCUT2D eigenvalue weighted by atomic mass is 10.1. The van der Waals surface area contributed by atoms with Crippen LogP contribution in [0.4, 0.5) is 20.4 Å². The molecule has 1 unspecified atom stereocenters. The van der Waals surface area contributed by atoms with Crippen molar-refractivity contribution in [1.29, 1.82) is 0 Å². The van der Waals surface area contributed by atoms with E-state index in [4.69, 9.17) is 15.3 Å². The number of hydrogen-bond acceptors (Lipinski definition) is 10. The molecule has 1 atom stereocenters. The molecule has 5 N–H and O–H groups in total. The summed E-state index contributed by atoms with van der Waals surface area (Å²) in [4.78, 5) is 20.9. The van der Waals surface area contributed by atoms with Crippen molar-refractivity contribution in [2.75, 3.05) is 56.5 Å². The topological polar surface area (TPSA) is 163 Å². The smallest absolute Gasteiger partial charge is 0.254 e. The van der Waals surface area contributed by atoms with Crippen molar-refractivity contribution in [2.24, 2.45) is 0 Å². The normalized spacial score (nSPS) is 15.1. The highest BCUT2D eigenvalue weighted by atomic mass is 19.1. The molecule has 0 spiro atoms. The number of piperazine rings is 1. The van der Waals surface area contributed by atoms with Gasteiger partial charge in [0.2, 0.25) is 5.95 Å². The van der Waals surface area contributed by atoms with Crippen LogP contribution >= 0.6 is 0 Å². The third-order valence-electron chi connectivity index (χ3n) is 7.34. The van der Waals surface area contributed by atoms with Crippen molar-refractivity contribution >= 4 is 34.1 Å². The first-order valence-corrected chi connectivity index (χ1v) is 13.4. The van der Waals surface area contributed by atoms with Crippen molar-refractivity contribution in [3.05, 3.63) is 60.0 Å². The van der Waals surface area contributed by atoms with Gasteiger partial charge < -0.3 is 30.6 Å². The maximum atomic E-state index is 14.7. The van der Waals surface area contributed by atoms with Crippen molar-refractivity contribution < 1.29 is 28.2 Å². The number of amides is 1. The number of aliphatic hydroxyl groups is 2. The number of nitrogens with two attached hydrogens (primary N) is 1. The van der Waals surface area contributed by atoms with E-state index in [1.54, 1.807) is 32.6 Å². The molecule has 220 valence electrons. The Labute approximate surface area is 237 Å². The largest absolute Gasteiger partial charge is 0.463 e. The number of carbonyl (C=O) groups is 1. The number of rotatable bonds is 9. The zero-order valence-electron chi connectivity index (χ0n) is 22.5. The van der Waals surface area contributed by atoms with Gasteiger partial charge in [0.15, 0.2) is 11.4 Å². The number of nitrogens with one attached hydrogen (secondary N) is 1. The molecule has 5 heterocycles. The van der Waals surface area contributed by atoms with Gasteiger partial charge in [-0.2, -0.15) is 19.7 Å². The molecule has 1 fully saturated rings. The maximum absolute atomic E-state index is 14.7. The lowest BCUT2D eigenvalue weighted by Gasteiger charge is -2.36. The van der Waals surface area contributed by atoms with Crippen LogP contribution in [0.15, 0.2) is 47.2 Å². The Morgan fingerprint density at radius 1 is 1.14 bits per heavy atom. The maximum Gasteiger partial charge on any atom is 0.254 e. The van der Waals surface area contributed by atoms with E-state index in [-0.39, 0.29) is 23.7 Å². The average Bonchev–Trinajstić information content (AvgIpc) is 3.75. The number of anilines is 2. The number of aromatic nitrogens is 5. The predicted molar refractivity (Wildman–Crippen MR) is 149 cm³/mol. The summed E-state index contributed by atoms with van der Waals surface area (Å²) in [6.07, 6.45) is 2.14. The molecule has 13 nitrogen and oxygen atoms in total. The van der Waals surface area contributed by atoms with E-state index >= 15 is 0 Å². The summed E-state index contributed by atoms with van der Waals surface area (Å²) in [7, 11) is 0. The van der Waals surface area contributed by atoms with Gasteiger partial charge in [-0.3, -0.25) is 9.69 Å². The van der Waals surface area contributed by atoms with Crippen LogP contribution in [0.5, 0.6) is 0 Å². The van der Waals surface area contributed by atoms with Crippen molar-refractivity contribution in [3.8, 4) is 11.5 Å². The minimum absolute atomic E-state index is 0.125. The molecule has 1 saturated heterocycles. The number of nitrogens with zero attached hydrogens (tertiary/aromatic N) is 7. The Hall–Kier alpha value is -4.60. The van der Waals surface area contributed by atoms with Gasteiger partial charge in [0, 0.05) is 45.3 Å². The molecule has 42 heavy (non-hydrogen) atoms. The molecule has 1 aromatic carbocycles.